The number of Topliss-reactive ketones (excluding diaryl/α,β-unsaturated/α-hetero) is 1. The van der Waals surface area contributed by atoms with Gasteiger partial charge in [0.2, 0.25) is 0 Å². The van der Waals surface area contributed by atoms with Crippen molar-refractivity contribution in [2.75, 3.05) is 25.2 Å². The minimum absolute atomic E-state index is 0.0168. The molecule has 0 aliphatic carbocycles. The lowest BCUT2D eigenvalue weighted by Gasteiger charge is -2.08. The lowest BCUT2D eigenvalue weighted by Crippen LogP contribution is -2.12. The molecule has 2 rings (SSSR count). The molecule has 2 heterocycles. The molecule has 0 atom stereocenters. The Kier molecular flexibility index (Phi) is 5.62. The van der Waals surface area contributed by atoms with Gasteiger partial charge in [0.1, 0.15) is 5.82 Å². The number of hydrogen-bond donors (Lipinski definition) is 2. The first-order valence-corrected chi connectivity index (χ1v) is 8.09. The van der Waals surface area contributed by atoms with Crippen molar-refractivity contribution in [3.63, 3.8) is 0 Å². The second kappa shape index (κ2) is 7.47. The predicted molar refractivity (Wildman–Crippen MR) is 90.1 cm³/mol. The van der Waals surface area contributed by atoms with Gasteiger partial charge in [0.05, 0.1) is 12.4 Å². The molecule has 0 fully saturated rings. The van der Waals surface area contributed by atoms with Gasteiger partial charge in [-0.2, -0.15) is 0 Å². The number of carbonyl (C=O) groups excluding carboxylic acids is 1. The van der Waals surface area contributed by atoms with E-state index in [0.29, 0.717) is 23.9 Å². The summed E-state index contributed by atoms with van der Waals surface area (Å²) in [6.07, 6.45) is 0. The number of thioether (sulfide) groups is 1. The number of aromatic nitrogens is 3. The number of hydrogen-bond acceptors (Lipinski definition) is 6. The third kappa shape index (κ3) is 4.23. The van der Waals surface area contributed by atoms with Crippen LogP contribution in [0.15, 0.2) is 22.1 Å². The number of methoxy groups -OCH3 is 1. The lowest BCUT2D eigenvalue weighted by atomic mass is 10.2. The molecule has 0 saturated heterocycles. The quantitative estimate of drug-likeness (QED) is 0.450. The van der Waals surface area contributed by atoms with E-state index in [2.05, 4.69) is 14.5 Å². The molecule has 0 aromatic carbocycles. The van der Waals surface area contributed by atoms with Crippen molar-refractivity contribution in [1.82, 2.24) is 14.5 Å². The number of rotatable bonds is 7. The van der Waals surface area contributed by atoms with Gasteiger partial charge in [-0.25, -0.2) is 4.98 Å². The van der Waals surface area contributed by atoms with Crippen LogP contribution in [0.1, 0.15) is 21.7 Å². The Balaban J connectivity index is 2.10. The van der Waals surface area contributed by atoms with Crippen LogP contribution in [0.2, 0.25) is 0 Å². The Labute approximate surface area is 138 Å². The molecule has 8 heteroatoms. The van der Waals surface area contributed by atoms with Crippen molar-refractivity contribution < 1.29 is 9.53 Å². The summed E-state index contributed by atoms with van der Waals surface area (Å²) >= 11 is 1.16. The van der Waals surface area contributed by atoms with E-state index in [-0.39, 0.29) is 22.9 Å². The molecular formula is C15H20N4O3S. The summed E-state index contributed by atoms with van der Waals surface area (Å²) in [5, 5.41) is 0.344. The summed E-state index contributed by atoms with van der Waals surface area (Å²) in [5.41, 5.74) is 7.81. The van der Waals surface area contributed by atoms with Crippen LogP contribution in [0.25, 0.3) is 0 Å². The number of H-pyrrole nitrogens is 1. The number of carbonyl (C=O) groups is 1. The molecule has 23 heavy (non-hydrogen) atoms. The normalized spacial score (nSPS) is 10.9. The van der Waals surface area contributed by atoms with Crippen molar-refractivity contribution in [3.05, 3.63) is 39.4 Å². The summed E-state index contributed by atoms with van der Waals surface area (Å²) in [6, 6.07) is 3.08. The molecule has 2 aromatic heterocycles. The maximum absolute atomic E-state index is 12.4. The Bertz CT molecular complexity index is 767. The topological polar surface area (TPSA) is 103 Å². The average Bonchev–Trinajstić information content (AvgIpc) is 2.77. The van der Waals surface area contributed by atoms with Crippen LogP contribution >= 0.6 is 11.8 Å². The first-order chi connectivity index (χ1) is 10.9. The van der Waals surface area contributed by atoms with E-state index in [1.54, 1.807) is 7.11 Å². The van der Waals surface area contributed by atoms with E-state index >= 15 is 0 Å². The van der Waals surface area contributed by atoms with Crippen molar-refractivity contribution >= 4 is 23.4 Å². The molecule has 0 amide bonds. The van der Waals surface area contributed by atoms with Crippen LogP contribution in [-0.2, 0) is 11.3 Å². The summed E-state index contributed by atoms with van der Waals surface area (Å²) in [6.45, 7) is 5.18. The Hall–Kier alpha value is -2.06. The van der Waals surface area contributed by atoms with Crippen LogP contribution in [-0.4, -0.2) is 39.8 Å². The third-order valence-electron chi connectivity index (χ3n) is 3.47. The maximum atomic E-state index is 12.4. The highest BCUT2D eigenvalue weighted by molar-refractivity contribution is 7.99. The van der Waals surface area contributed by atoms with E-state index in [9.17, 15) is 9.59 Å². The molecule has 0 radical (unpaired) electrons. The van der Waals surface area contributed by atoms with Gasteiger partial charge in [-0.15, -0.1) is 0 Å². The molecule has 0 spiro atoms. The second-order valence-electron chi connectivity index (χ2n) is 5.12. The zero-order valence-electron chi connectivity index (χ0n) is 13.4. The highest BCUT2D eigenvalue weighted by Crippen LogP contribution is 2.19. The SMILES string of the molecule is COCCn1c(C)cc(C(=O)CSc2nc(N)cc(=O)[nH]2)c1C. The maximum Gasteiger partial charge on any atom is 0.253 e. The highest BCUT2D eigenvalue weighted by atomic mass is 32.2. The fourth-order valence-corrected chi connectivity index (χ4v) is 3.11. The average molecular weight is 336 g/mol. The molecule has 0 aliphatic rings. The van der Waals surface area contributed by atoms with Gasteiger partial charge < -0.3 is 20.0 Å². The number of nitrogens with one attached hydrogen (secondary N) is 1. The lowest BCUT2D eigenvalue weighted by molar-refractivity contribution is 0.102. The number of ketones is 1. The summed E-state index contributed by atoms with van der Waals surface area (Å²) in [7, 11) is 1.65. The van der Waals surface area contributed by atoms with Gasteiger partial charge in [0.25, 0.3) is 5.56 Å². The van der Waals surface area contributed by atoms with Gasteiger partial charge in [-0.1, -0.05) is 11.8 Å². The number of aromatic amines is 1. The predicted octanol–water partition coefficient (Wildman–Crippen LogP) is 1.39. The van der Waals surface area contributed by atoms with Gasteiger partial charge >= 0.3 is 0 Å². The Morgan fingerprint density at radius 2 is 2.17 bits per heavy atom. The minimum Gasteiger partial charge on any atom is -0.383 e. The number of ether oxygens (including phenoxy) is 1. The van der Waals surface area contributed by atoms with E-state index in [0.717, 1.165) is 23.1 Å². The first-order valence-electron chi connectivity index (χ1n) is 7.11. The summed E-state index contributed by atoms with van der Waals surface area (Å²) < 4.78 is 7.15. The van der Waals surface area contributed by atoms with Crippen molar-refractivity contribution in [1.29, 1.82) is 0 Å². The van der Waals surface area contributed by atoms with Gasteiger partial charge in [0, 0.05) is 36.7 Å². The van der Waals surface area contributed by atoms with Gasteiger partial charge in [0.15, 0.2) is 10.9 Å². The highest BCUT2D eigenvalue weighted by Gasteiger charge is 2.16. The van der Waals surface area contributed by atoms with E-state index in [1.165, 1.54) is 6.07 Å². The van der Waals surface area contributed by atoms with Crippen molar-refractivity contribution in [3.8, 4) is 0 Å². The molecule has 124 valence electrons. The first kappa shape index (κ1) is 17.3. The molecule has 0 unspecified atom stereocenters. The molecule has 0 bridgehead atoms. The molecule has 2 aromatic rings. The number of nitrogens with two attached hydrogens (primary N) is 1. The number of anilines is 1. The minimum atomic E-state index is -0.329. The standard InChI is InChI=1S/C15H20N4O3S/c1-9-6-11(10(2)19(9)4-5-22-3)12(20)8-23-15-17-13(16)7-14(21)18-15/h6-7H,4-5,8H2,1-3H3,(H3,16,17,18,21). The smallest absolute Gasteiger partial charge is 0.253 e. The van der Waals surface area contributed by atoms with E-state index < -0.39 is 0 Å². The molecule has 0 aliphatic heterocycles. The van der Waals surface area contributed by atoms with Gasteiger partial charge in [-0.3, -0.25) is 9.59 Å². The largest absolute Gasteiger partial charge is 0.383 e. The monoisotopic (exact) mass is 336 g/mol. The Morgan fingerprint density at radius 1 is 1.43 bits per heavy atom. The Morgan fingerprint density at radius 3 is 2.83 bits per heavy atom. The molecular weight excluding hydrogens is 316 g/mol. The zero-order chi connectivity index (χ0) is 17.0. The third-order valence-corrected chi connectivity index (χ3v) is 4.35. The van der Waals surface area contributed by atoms with Crippen LogP contribution < -0.4 is 11.3 Å². The van der Waals surface area contributed by atoms with Crippen LogP contribution in [0, 0.1) is 13.8 Å². The number of nitrogens with zero attached hydrogens (tertiary/aromatic N) is 2. The zero-order valence-corrected chi connectivity index (χ0v) is 14.2. The summed E-state index contributed by atoms with van der Waals surface area (Å²) in [4.78, 5) is 30.3. The van der Waals surface area contributed by atoms with Crippen molar-refractivity contribution in [2.45, 2.75) is 25.5 Å². The fraction of sp³-hybridized carbons (Fsp3) is 0.400. The van der Waals surface area contributed by atoms with E-state index in [1.807, 2.05) is 19.9 Å². The van der Waals surface area contributed by atoms with Crippen LogP contribution in [0.3, 0.4) is 0 Å². The van der Waals surface area contributed by atoms with Crippen LogP contribution in [0.5, 0.6) is 0 Å². The summed E-state index contributed by atoms with van der Waals surface area (Å²) in [5.74, 6) is 0.305. The van der Waals surface area contributed by atoms with E-state index in [4.69, 9.17) is 10.5 Å². The number of aryl methyl sites for hydroxylation is 1. The van der Waals surface area contributed by atoms with Crippen molar-refractivity contribution in [2.24, 2.45) is 0 Å². The van der Waals surface area contributed by atoms with Gasteiger partial charge in [-0.05, 0) is 19.9 Å². The molecule has 0 saturated carbocycles. The number of nitrogen functional groups attached to an aromatic ring is 1. The fourth-order valence-electron chi connectivity index (χ4n) is 2.34. The molecule has 7 nitrogen and oxygen atoms in total. The molecule has 3 N–H and O–H groups in total. The second-order valence-corrected chi connectivity index (χ2v) is 6.08. The van der Waals surface area contributed by atoms with Crippen LogP contribution in [0.4, 0.5) is 5.82 Å².